The summed E-state index contributed by atoms with van der Waals surface area (Å²) in [5.74, 6) is -5.87. The summed E-state index contributed by atoms with van der Waals surface area (Å²) in [6.45, 7) is 14.3. The van der Waals surface area contributed by atoms with Gasteiger partial charge in [-0.15, -0.1) is 22.7 Å². The molecule has 27 heteroatoms. The number of carbonyl (C=O) groups excluding carboxylic acids is 8. The quantitative estimate of drug-likeness (QED) is 0.0203. The van der Waals surface area contributed by atoms with E-state index in [-0.39, 0.29) is 105 Å². The Hall–Kier alpha value is -8.50. The summed E-state index contributed by atoms with van der Waals surface area (Å²) in [5.41, 5.74) is 10.9. The summed E-state index contributed by atoms with van der Waals surface area (Å²) in [6.07, 6.45) is 1.73. The number of imide groups is 2. The number of aldehydes is 1. The minimum Gasteiger partial charge on any atom is -0.793 e. The van der Waals surface area contributed by atoms with Gasteiger partial charge in [0.2, 0.25) is 5.97 Å². The van der Waals surface area contributed by atoms with E-state index in [2.05, 4.69) is 32.8 Å². The number of nitrogens with zero attached hydrogens (tertiary/aromatic N) is 4. The molecular weight excluding hydrogens is 1340 g/mol. The van der Waals surface area contributed by atoms with Crippen molar-refractivity contribution in [1.29, 1.82) is 0 Å². The molecule has 2 unspecified atom stereocenters. The SMILES string of the molecule is CC(=O)OOC(C)=O.CC(C)(C)C(N)c1nc(-c2cc(F)ccc2F)sc1Cc1ccccc1.CC(C)(C)C(NCC[C@@H](CF)N1C(=O)c2ccccc2C1=O)c1nc(-c2cc(F)ccc2F)sc1Cc1ccccc1.O=CC[C@@H](CF)N1C(=O)c2ccccc2C1=O.[B-]OC(C)=O.[Na+]. The Morgan fingerprint density at radius 1 is 0.556 bits per heavy atom. The van der Waals surface area contributed by atoms with Crippen LogP contribution in [0.5, 0.6) is 0 Å². The number of amides is 4. The second-order valence-electron chi connectivity index (χ2n) is 24.4. The van der Waals surface area contributed by atoms with Crippen LogP contribution in [-0.2, 0) is 46.4 Å². The minimum atomic E-state index is -1.00. The van der Waals surface area contributed by atoms with Crippen molar-refractivity contribution in [2.45, 2.75) is 112 Å². The molecule has 0 fully saturated rings. The van der Waals surface area contributed by atoms with E-state index in [1.165, 1.54) is 47.8 Å². The molecule has 99 heavy (non-hydrogen) atoms. The molecule has 2 aliphatic heterocycles. The van der Waals surface area contributed by atoms with E-state index in [1.54, 1.807) is 36.4 Å². The second kappa shape index (κ2) is 37.6. The Kier molecular flexibility index (Phi) is 30.9. The van der Waals surface area contributed by atoms with Crippen LogP contribution in [0.4, 0.5) is 26.3 Å². The Balaban J connectivity index is 0.000000263. The normalized spacial score (nSPS) is 13.4. The van der Waals surface area contributed by atoms with Crippen molar-refractivity contribution in [1.82, 2.24) is 25.1 Å². The number of fused-ring (bicyclic) bond motifs is 2. The number of thiazole rings is 2. The third kappa shape index (κ3) is 22.3. The van der Waals surface area contributed by atoms with E-state index in [1.807, 2.05) is 102 Å². The van der Waals surface area contributed by atoms with Gasteiger partial charge in [0, 0.05) is 60.9 Å². The number of nitrogens with two attached hydrogens (primary N) is 1. The van der Waals surface area contributed by atoms with E-state index < -0.39 is 90.2 Å². The number of halogens is 6. The second-order valence-corrected chi connectivity index (χ2v) is 26.6. The fraction of sp³-hybridized carbons (Fsp3) is 0.306. The predicted octanol–water partition coefficient (Wildman–Crippen LogP) is 11.0. The van der Waals surface area contributed by atoms with Gasteiger partial charge >= 0.3 is 41.5 Å². The largest absolute Gasteiger partial charge is 1.00 e. The fourth-order valence-electron chi connectivity index (χ4n) is 10.0. The molecule has 2 aliphatic rings. The maximum absolute atomic E-state index is 14.8. The first kappa shape index (κ1) is 81.2. The van der Waals surface area contributed by atoms with Crippen molar-refractivity contribution in [2.75, 3.05) is 19.9 Å². The molecule has 3 N–H and O–H groups in total. The van der Waals surface area contributed by atoms with Crippen LogP contribution in [0.2, 0.25) is 0 Å². The third-order valence-electron chi connectivity index (χ3n) is 14.9. The van der Waals surface area contributed by atoms with Crippen molar-refractivity contribution in [3.8, 4) is 21.1 Å². The van der Waals surface area contributed by atoms with Crippen LogP contribution in [0.1, 0.15) is 161 Å². The summed E-state index contributed by atoms with van der Waals surface area (Å²) < 4.78 is 87.4. The Labute approximate surface area is 601 Å². The average molecular weight is 1410 g/mol. The number of carbonyl (C=O) groups is 8. The first-order valence-electron chi connectivity index (χ1n) is 30.6. The maximum Gasteiger partial charge on any atom is 1.00 e. The smallest absolute Gasteiger partial charge is 0.793 e. The molecule has 6 aromatic carbocycles. The van der Waals surface area contributed by atoms with Crippen molar-refractivity contribution in [2.24, 2.45) is 16.6 Å². The van der Waals surface area contributed by atoms with Gasteiger partial charge in [-0.3, -0.25) is 33.8 Å². The maximum atomic E-state index is 14.8. The molecule has 4 heterocycles. The van der Waals surface area contributed by atoms with Crippen LogP contribution in [-0.4, -0.2) is 108 Å². The molecule has 515 valence electrons. The number of aromatic nitrogens is 2. The molecule has 8 aromatic rings. The summed E-state index contributed by atoms with van der Waals surface area (Å²) in [4.78, 5) is 110. The van der Waals surface area contributed by atoms with E-state index >= 15 is 0 Å². The Morgan fingerprint density at radius 3 is 1.26 bits per heavy atom. The standard InChI is InChI=1S/C33H32F3N3O2S.C21H22F2N2S.C12H10FNO3.C4H6O4.C2H3BO2.Na/c1-33(2,3)29(37-16-15-22(19-34)39-31(40)23-11-7-8-12-24(23)32(39)41)28-27(17-20-9-5-4-6-10-20)42-30(38-28)25-18-21(35)13-14-26(25)36;1-21(2,3)19(24)18-17(11-13-7-5-4-6-8-13)26-20(25-18)15-12-14(22)9-10-16(15)23;13-7-8(5-6-15)14-11(16)9-3-1-2-4-10(9)12(14)17;1-3(5)7-8-4(2)6;1-2(4)5-3;/h4-14,18,22,29,37H,15-17,19H2,1-3H3;4-10,12,19H,11,24H2,1-3H3;1-4,6,8H,5,7H2;1-2H3;1H3;/q;;;;-1;+1/t22-,29?;;8-;;;/m0.0.../s1. The zero-order chi connectivity index (χ0) is 72.2. The van der Waals surface area contributed by atoms with Gasteiger partial charge in [0.05, 0.1) is 57.8 Å². The zero-order valence-electron chi connectivity index (χ0n) is 56.2. The number of hydrogen-bond donors (Lipinski definition) is 2. The fourth-order valence-corrected chi connectivity index (χ4v) is 12.3. The van der Waals surface area contributed by atoms with Crippen molar-refractivity contribution >= 4 is 78.5 Å². The number of nitrogens with one attached hydrogen (secondary N) is 1. The van der Waals surface area contributed by atoms with Gasteiger partial charge in [-0.25, -0.2) is 55.7 Å². The van der Waals surface area contributed by atoms with Crippen LogP contribution in [0, 0.1) is 34.1 Å². The predicted molar refractivity (Wildman–Crippen MR) is 360 cm³/mol. The van der Waals surface area contributed by atoms with Crippen LogP contribution >= 0.6 is 22.7 Å². The van der Waals surface area contributed by atoms with Gasteiger partial charge in [0.1, 0.15) is 52.9 Å². The molecular formula is C72H73BF6N6NaO11S2. The van der Waals surface area contributed by atoms with Crippen LogP contribution < -0.4 is 40.6 Å². The average Bonchev–Trinajstić information content (AvgIpc) is 1.67. The summed E-state index contributed by atoms with van der Waals surface area (Å²) in [6, 6.07) is 36.8. The number of benzene rings is 6. The molecule has 17 nitrogen and oxygen atoms in total. The van der Waals surface area contributed by atoms with Crippen LogP contribution in [0.15, 0.2) is 146 Å². The van der Waals surface area contributed by atoms with E-state index in [4.69, 9.17) is 10.7 Å². The van der Waals surface area contributed by atoms with E-state index in [9.17, 15) is 64.7 Å². The molecule has 4 atom stereocenters. The summed E-state index contributed by atoms with van der Waals surface area (Å²) in [7, 11) is 4.32. The molecule has 0 spiro atoms. The molecule has 3 radical (unpaired) electrons. The van der Waals surface area contributed by atoms with Gasteiger partial charge < -0.3 is 28.5 Å². The van der Waals surface area contributed by atoms with E-state index in [0.29, 0.717) is 34.8 Å². The molecule has 0 aliphatic carbocycles. The molecule has 0 bridgehead atoms. The molecule has 2 aromatic heterocycles. The topological polar surface area (TPSA) is 235 Å². The minimum absolute atomic E-state index is 0. The Morgan fingerprint density at radius 2 is 0.919 bits per heavy atom. The summed E-state index contributed by atoms with van der Waals surface area (Å²) >= 11 is 2.69. The van der Waals surface area contributed by atoms with Gasteiger partial charge in [0.25, 0.3) is 23.6 Å². The van der Waals surface area contributed by atoms with Gasteiger partial charge in [-0.05, 0) is 95.6 Å². The number of alkyl halides is 2. The first-order chi connectivity index (χ1) is 46.4. The molecule has 0 saturated carbocycles. The zero-order valence-corrected chi connectivity index (χ0v) is 59.8. The van der Waals surface area contributed by atoms with Crippen LogP contribution in [0.25, 0.3) is 21.1 Å². The monoisotopic (exact) mass is 1410 g/mol. The first-order valence-corrected chi connectivity index (χ1v) is 32.3. The summed E-state index contributed by atoms with van der Waals surface area (Å²) in [5, 5.41) is 4.33. The van der Waals surface area contributed by atoms with Gasteiger partial charge in [0.15, 0.2) is 0 Å². The third-order valence-corrected chi connectivity index (χ3v) is 17.1. The van der Waals surface area contributed by atoms with Crippen LogP contribution in [0.3, 0.4) is 0 Å². The molecule has 0 saturated heterocycles. The molecule has 4 amide bonds. The van der Waals surface area contributed by atoms with Gasteiger partial charge in [-0.1, -0.05) is 126 Å². The number of rotatable bonds is 18. The number of hydrogen-bond acceptors (Lipinski definition) is 17. The van der Waals surface area contributed by atoms with Crippen molar-refractivity contribution in [3.63, 3.8) is 0 Å². The molecule has 10 rings (SSSR count). The Bertz CT molecular complexity index is 4040. The van der Waals surface area contributed by atoms with Gasteiger partial charge in [-0.2, -0.15) is 0 Å². The van der Waals surface area contributed by atoms with Crippen molar-refractivity contribution < 1.29 is 109 Å². The van der Waals surface area contributed by atoms with E-state index in [0.717, 1.165) is 80.6 Å². The van der Waals surface area contributed by atoms with Crippen molar-refractivity contribution in [3.05, 3.63) is 223 Å².